The number of nitrogens with zero attached hydrogens (tertiary/aromatic N) is 3. The van der Waals surface area contributed by atoms with Crippen molar-refractivity contribution in [3.8, 4) is 0 Å². The van der Waals surface area contributed by atoms with Gasteiger partial charge in [-0.3, -0.25) is 19.2 Å². The molecule has 0 aromatic carbocycles. The number of piperazine rings is 2. The van der Waals surface area contributed by atoms with Crippen molar-refractivity contribution in [2.24, 2.45) is 17.8 Å². The van der Waals surface area contributed by atoms with E-state index in [-0.39, 0.29) is 23.9 Å². The van der Waals surface area contributed by atoms with Gasteiger partial charge in [-0.25, -0.2) is 0 Å². The first-order chi connectivity index (χ1) is 18.3. The van der Waals surface area contributed by atoms with Gasteiger partial charge in [0.15, 0.2) is 0 Å². The molecule has 4 aliphatic rings. The first-order valence-electron chi connectivity index (χ1n) is 15.5. The Hall–Kier alpha value is -2.12. The second-order valence-electron chi connectivity index (χ2n) is 12.8. The zero-order valence-electron chi connectivity index (χ0n) is 23.8. The zero-order valence-corrected chi connectivity index (χ0v) is 23.8. The lowest BCUT2D eigenvalue weighted by Crippen LogP contribution is -2.61. The van der Waals surface area contributed by atoms with E-state index in [0.717, 1.165) is 57.9 Å². The molecule has 0 aromatic rings. The van der Waals surface area contributed by atoms with Gasteiger partial charge in [-0.05, 0) is 69.1 Å². The van der Waals surface area contributed by atoms with Crippen LogP contribution in [-0.4, -0.2) is 83.1 Å². The molecule has 2 aliphatic heterocycles. The first-order valence-corrected chi connectivity index (χ1v) is 15.5. The number of carbonyl (C=O) groups excluding carboxylic acids is 4. The van der Waals surface area contributed by atoms with E-state index in [0.29, 0.717) is 43.9 Å². The summed E-state index contributed by atoms with van der Waals surface area (Å²) in [4.78, 5) is 56.6. The van der Waals surface area contributed by atoms with Gasteiger partial charge in [0.25, 0.3) is 0 Å². The van der Waals surface area contributed by atoms with E-state index >= 15 is 0 Å². The summed E-state index contributed by atoms with van der Waals surface area (Å²) in [5.74, 6) is -0.0522. The predicted octanol–water partition coefficient (Wildman–Crippen LogP) is 3.73. The molecule has 1 N–H and O–H groups in total. The molecule has 4 rings (SSSR count). The Bertz CT molecular complexity index is 834. The average molecular weight is 531 g/mol. The van der Waals surface area contributed by atoms with Crippen LogP contribution in [-0.2, 0) is 19.2 Å². The summed E-state index contributed by atoms with van der Waals surface area (Å²) >= 11 is 0. The lowest BCUT2D eigenvalue weighted by molar-refractivity contribution is -0.160. The number of hydrogen-bond donors (Lipinski definition) is 1. The largest absolute Gasteiger partial charge is 0.346 e. The second kappa shape index (κ2) is 13.8. The number of carbonyl (C=O) groups is 4. The van der Waals surface area contributed by atoms with Gasteiger partial charge < -0.3 is 20.0 Å². The molecule has 2 atom stereocenters. The van der Waals surface area contributed by atoms with Crippen LogP contribution in [0.2, 0.25) is 0 Å². The molecule has 2 saturated carbocycles. The van der Waals surface area contributed by atoms with E-state index in [1.54, 1.807) is 4.90 Å². The Morgan fingerprint density at radius 1 is 0.737 bits per heavy atom. The summed E-state index contributed by atoms with van der Waals surface area (Å²) in [5, 5.41) is 2.77. The Morgan fingerprint density at radius 2 is 1.32 bits per heavy atom. The van der Waals surface area contributed by atoms with Crippen molar-refractivity contribution >= 4 is 23.6 Å². The first kappa shape index (κ1) is 28.9. The van der Waals surface area contributed by atoms with Crippen LogP contribution in [0.15, 0.2) is 0 Å². The highest BCUT2D eigenvalue weighted by Crippen LogP contribution is 2.29. The Balaban J connectivity index is 1.29. The summed E-state index contributed by atoms with van der Waals surface area (Å²) in [5.41, 5.74) is 0. The van der Waals surface area contributed by atoms with Crippen LogP contribution in [0.1, 0.15) is 104 Å². The van der Waals surface area contributed by atoms with Crippen LogP contribution < -0.4 is 5.32 Å². The van der Waals surface area contributed by atoms with Crippen molar-refractivity contribution in [2.75, 3.05) is 32.7 Å². The van der Waals surface area contributed by atoms with Gasteiger partial charge in [-0.2, -0.15) is 0 Å². The molecule has 2 aliphatic carbocycles. The van der Waals surface area contributed by atoms with E-state index in [4.69, 9.17) is 0 Å². The van der Waals surface area contributed by atoms with Crippen LogP contribution in [0, 0.1) is 17.8 Å². The number of hydrogen-bond acceptors (Lipinski definition) is 4. The molecule has 0 bridgehead atoms. The summed E-state index contributed by atoms with van der Waals surface area (Å²) in [6, 6.07) is 0.111. The molecule has 0 radical (unpaired) electrons. The quantitative estimate of drug-likeness (QED) is 0.326. The molecule has 8 heteroatoms. The van der Waals surface area contributed by atoms with Crippen LogP contribution in [0.5, 0.6) is 0 Å². The van der Waals surface area contributed by atoms with Gasteiger partial charge in [0.05, 0.1) is 6.04 Å². The third-order valence-corrected chi connectivity index (χ3v) is 9.32. The lowest BCUT2D eigenvalue weighted by Gasteiger charge is -2.43. The van der Waals surface area contributed by atoms with Crippen molar-refractivity contribution in [3.05, 3.63) is 0 Å². The topological polar surface area (TPSA) is 90.0 Å². The number of rotatable bonds is 11. The highest BCUT2D eigenvalue weighted by molar-refractivity contribution is 6.36. The second-order valence-corrected chi connectivity index (χ2v) is 12.8. The van der Waals surface area contributed by atoms with E-state index in [9.17, 15) is 19.2 Å². The smallest absolute Gasteiger partial charge is 0.312 e. The van der Waals surface area contributed by atoms with Crippen LogP contribution >= 0.6 is 0 Å². The standard InChI is InChI=1S/C30H50N4O4/c1-22(2)17-26-21-32(29(37)30(38)34(26)20-24-13-7-4-8-14-24)16-10-9-15-25-18-31-27(35)28(36)33(25)19-23-11-5-3-6-12-23/h22-26H,3-21H2,1-2H3,(H,31,35)/t25-,26-/m0/s1. The fraction of sp³-hybridized carbons (Fsp3) is 0.867. The maximum atomic E-state index is 13.2. The van der Waals surface area contributed by atoms with Gasteiger partial charge in [0, 0.05) is 38.8 Å². The molecule has 0 aromatic heterocycles. The molecule has 2 saturated heterocycles. The number of unbranched alkanes of at least 4 members (excludes halogenated alkanes) is 1. The SMILES string of the molecule is CC(C)C[C@H]1CN(CCCC[C@H]2CNC(=O)C(=O)N2CC2CCCCC2)C(=O)C(=O)N1CC1CCCCC1. The fourth-order valence-corrected chi connectivity index (χ4v) is 7.19. The Morgan fingerprint density at radius 3 is 1.89 bits per heavy atom. The molecule has 4 amide bonds. The van der Waals surface area contributed by atoms with Crippen molar-refractivity contribution in [2.45, 2.75) is 116 Å². The maximum Gasteiger partial charge on any atom is 0.312 e. The van der Waals surface area contributed by atoms with E-state index < -0.39 is 11.8 Å². The van der Waals surface area contributed by atoms with Crippen molar-refractivity contribution in [3.63, 3.8) is 0 Å². The average Bonchev–Trinajstić information content (AvgIpc) is 2.91. The normalized spacial score (nSPS) is 26.4. The van der Waals surface area contributed by atoms with E-state index in [1.165, 1.54) is 38.5 Å². The summed E-state index contributed by atoms with van der Waals surface area (Å²) < 4.78 is 0. The predicted molar refractivity (Wildman–Crippen MR) is 147 cm³/mol. The minimum atomic E-state index is -0.483. The van der Waals surface area contributed by atoms with Gasteiger partial charge in [0.1, 0.15) is 0 Å². The summed E-state index contributed by atoms with van der Waals surface area (Å²) in [6.07, 6.45) is 15.4. The third kappa shape index (κ3) is 7.50. The van der Waals surface area contributed by atoms with Crippen LogP contribution in [0.4, 0.5) is 0 Å². The molecular weight excluding hydrogens is 480 g/mol. The Kier molecular flexibility index (Phi) is 10.5. The molecule has 2 heterocycles. The van der Waals surface area contributed by atoms with Gasteiger partial charge in [-0.15, -0.1) is 0 Å². The number of nitrogens with one attached hydrogen (secondary N) is 1. The minimum absolute atomic E-state index is 0.0143. The molecule has 8 nitrogen and oxygen atoms in total. The zero-order chi connectivity index (χ0) is 27.1. The monoisotopic (exact) mass is 530 g/mol. The maximum absolute atomic E-state index is 13.2. The third-order valence-electron chi connectivity index (χ3n) is 9.32. The molecule has 4 fully saturated rings. The van der Waals surface area contributed by atoms with E-state index in [2.05, 4.69) is 19.2 Å². The molecular formula is C30H50N4O4. The highest BCUT2D eigenvalue weighted by atomic mass is 16.2. The fourth-order valence-electron chi connectivity index (χ4n) is 7.19. The summed E-state index contributed by atoms with van der Waals surface area (Å²) in [6.45, 7) is 7.50. The Labute approximate surface area is 229 Å². The molecule has 0 spiro atoms. The molecule has 214 valence electrons. The van der Waals surface area contributed by atoms with E-state index in [1.807, 2.05) is 9.80 Å². The molecule has 0 unspecified atom stereocenters. The minimum Gasteiger partial charge on any atom is -0.346 e. The molecule has 38 heavy (non-hydrogen) atoms. The van der Waals surface area contributed by atoms with Crippen molar-refractivity contribution < 1.29 is 19.2 Å². The van der Waals surface area contributed by atoms with Gasteiger partial charge in [0.2, 0.25) is 0 Å². The highest BCUT2D eigenvalue weighted by Gasteiger charge is 2.40. The number of amides is 4. The van der Waals surface area contributed by atoms with Crippen molar-refractivity contribution in [1.82, 2.24) is 20.0 Å². The van der Waals surface area contributed by atoms with Crippen LogP contribution in [0.3, 0.4) is 0 Å². The lowest BCUT2D eigenvalue weighted by atomic mass is 9.87. The summed E-state index contributed by atoms with van der Waals surface area (Å²) in [7, 11) is 0. The van der Waals surface area contributed by atoms with Crippen molar-refractivity contribution in [1.29, 1.82) is 0 Å². The van der Waals surface area contributed by atoms with Gasteiger partial charge >= 0.3 is 23.6 Å². The van der Waals surface area contributed by atoms with Crippen LogP contribution in [0.25, 0.3) is 0 Å². The van der Waals surface area contributed by atoms with Gasteiger partial charge in [-0.1, -0.05) is 52.4 Å².